The minimum atomic E-state index is -0.422. The fourth-order valence-corrected chi connectivity index (χ4v) is 4.44. The lowest BCUT2D eigenvalue weighted by Gasteiger charge is -2.30. The van der Waals surface area contributed by atoms with E-state index in [1.54, 1.807) is 4.90 Å². The van der Waals surface area contributed by atoms with Crippen LogP contribution in [0.2, 0.25) is 0 Å². The zero-order chi connectivity index (χ0) is 17.1. The fourth-order valence-electron chi connectivity index (χ4n) is 3.29. The molecule has 1 saturated heterocycles. The third-order valence-corrected chi connectivity index (χ3v) is 5.99. The number of hydrogen-bond donors (Lipinski definition) is 1. The monoisotopic (exact) mass is 350 g/mol. The van der Waals surface area contributed by atoms with Crippen molar-refractivity contribution in [3.63, 3.8) is 0 Å². The minimum absolute atomic E-state index is 0.158. The smallest absolute Gasteiger partial charge is 0.348 e. The van der Waals surface area contributed by atoms with E-state index in [2.05, 4.69) is 0 Å². The van der Waals surface area contributed by atoms with Crippen molar-refractivity contribution in [2.75, 3.05) is 19.7 Å². The Kier molecular flexibility index (Phi) is 5.18. The van der Waals surface area contributed by atoms with Crippen molar-refractivity contribution in [2.45, 2.75) is 38.5 Å². The number of carbonyl (C=O) groups excluding carboxylic acids is 3. The molecule has 1 aliphatic heterocycles. The maximum Gasteiger partial charge on any atom is 0.348 e. The number of ether oxygens (including phenoxy) is 1. The van der Waals surface area contributed by atoms with E-state index in [0.717, 1.165) is 19.3 Å². The Bertz CT molecular complexity index is 624. The Labute approximate surface area is 145 Å². The summed E-state index contributed by atoms with van der Waals surface area (Å²) >= 11 is 1.48. The molecule has 1 aliphatic carbocycles. The van der Waals surface area contributed by atoms with Crippen molar-refractivity contribution in [1.29, 1.82) is 0 Å². The van der Waals surface area contributed by atoms with Crippen LogP contribution in [0.3, 0.4) is 0 Å². The van der Waals surface area contributed by atoms with Crippen LogP contribution in [-0.4, -0.2) is 42.4 Å². The van der Waals surface area contributed by atoms with E-state index in [9.17, 15) is 14.4 Å². The van der Waals surface area contributed by atoms with Crippen molar-refractivity contribution in [1.82, 2.24) is 4.90 Å². The lowest BCUT2D eigenvalue weighted by Crippen LogP contribution is -2.43. The van der Waals surface area contributed by atoms with Crippen molar-refractivity contribution in [3.05, 3.63) is 21.4 Å². The average molecular weight is 350 g/mol. The molecule has 3 rings (SSSR count). The molecule has 1 aromatic rings. The molecule has 2 aliphatic rings. The van der Waals surface area contributed by atoms with Gasteiger partial charge in [0.1, 0.15) is 4.88 Å². The van der Waals surface area contributed by atoms with Gasteiger partial charge in [-0.15, -0.1) is 11.3 Å². The zero-order valence-electron chi connectivity index (χ0n) is 13.6. The van der Waals surface area contributed by atoms with Gasteiger partial charge in [0.05, 0.1) is 0 Å². The number of amides is 2. The molecule has 1 fully saturated rings. The SMILES string of the molecule is NC(=O)C1CCN(C(=O)COC(=O)c2cc3c(s2)CCCC3)CC1. The van der Waals surface area contributed by atoms with Gasteiger partial charge in [0.25, 0.3) is 5.91 Å². The van der Waals surface area contributed by atoms with Crippen LogP contribution in [0.1, 0.15) is 45.8 Å². The molecule has 0 unspecified atom stereocenters. The summed E-state index contributed by atoms with van der Waals surface area (Å²) in [5.41, 5.74) is 6.53. The number of thiophene rings is 1. The number of nitrogens with zero attached hydrogens (tertiary/aromatic N) is 1. The van der Waals surface area contributed by atoms with Crippen molar-refractivity contribution >= 4 is 29.1 Å². The summed E-state index contributed by atoms with van der Waals surface area (Å²) in [5, 5.41) is 0. The molecule has 0 bridgehead atoms. The molecule has 1 aromatic heterocycles. The highest BCUT2D eigenvalue weighted by molar-refractivity contribution is 7.14. The van der Waals surface area contributed by atoms with Crippen LogP contribution in [0.25, 0.3) is 0 Å². The summed E-state index contributed by atoms with van der Waals surface area (Å²) < 4.78 is 5.18. The largest absolute Gasteiger partial charge is 0.451 e. The van der Waals surface area contributed by atoms with E-state index < -0.39 is 5.97 Å². The minimum Gasteiger partial charge on any atom is -0.451 e. The Morgan fingerprint density at radius 1 is 1.21 bits per heavy atom. The van der Waals surface area contributed by atoms with Crippen LogP contribution < -0.4 is 5.73 Å². The van der Waals surface area contributed by atoms with Gasteiger partial charge in [0.2, 0.25) is 5.91 Å². The first-order chi connectivity index (χ1) is 11.5. The number of carbonyl (C=O) groups is 3. The second-order valence-electron chi connectivity index (χ2n) is 6.40. The quantitative estimate of drug-likeness (QED) is 0.834. The van der Waals surface area contributed by atoms with E-state index in [1.165, 1.54) is 28.2 Å². The van der Waals surface area contributed by atoms with Crippen LogP contribution in [-0.2, 0) is 27.2 Å². The van der Waals surface area contributed by atoms with Crippen molar-refractivity contribution < 1.29 is 19.1 Å². The molecule has 6 nitrogen and oxygen atoms in total. The third kappa shape index (κ3) is 3.77. The normalized spacial score (nSPS) is 18.1. The van der Waals surface area contributed by atoms with E-state index in [4.69, 9.17) is 10.5 Å². The number of fused-ring (bicyclic) bond motifs is 1. The van der Waals surface area contributed by atoms with Crippen LogP contribution in [0.4, 0.5) is 0 Å². The lowest BCUT2D eigenvalue weighted by atomic mass is 9.96. The topological polar surface area (TPSA) is 89.7 Å². The molecule has 0 saturated carbocycles. The molecule has 2 heterocycles. The molecule has 0 aromatic carbocycles. The summed E-state index contributed by atoms with van der Waals surface area (Å²) in [4.78, 5) is 38.9. The fraction of sp³-hybridized carbons (Fsp3) is 0.588. The van der Waals surface area contributed by atoms with Gasteiger partial charge in [-0.3, -0.25) is 9.59 Å². The summed E-state index contributed by atoms with van der Waals surface area (Å²) in [7, 11) is 0. The van der Waals surface area contributed by atoms with Gasteiger partial charge in [-0.2, -0.15) is 0 Å². The maximum absolute atomic E-state index is 12.1. The van der Waals surface area contributed by atoms with Crippen LogP contribution in [0.5, 0.6) is 0 Å². The molecule has 0 radical (unpaired) electrons. The number of aryl methyl sites for hydroxylation is 2. The average Bonchev–Trinajstić information content (AvgIpc) is 3.03. The first-order valence-corrected chi connectivity index (χ1v) is 9.22. The Balaban J connectivity index is 1.48. The van der Waals surface area contributed by atoms with Gasteiger partial charge in [0.15, 0.2) is 6.61 Å². The highest BCUT2D eigenvalue weighted by Crippen LogP contribution is 2.30. The molecule has 2 N–H and O–H groups in total. The number of hydrogen-bond acceptors (Lipinski definition) is 5. The van der Waals surface area contributed by atoms with Crippen molar-refractivity contribution in [3.8, 4) is 0 Å². The third-order valence-electron chi connectivity index (χ3n) is 4.77. The second-order valence-corrected chi connectivity index (χ2v) is 7.54. The second kappa shape index (κ2) is 7.34. The zero-order valence-corrected chi connectivity index (χ0v) is 14.4. The van der Waals surface area contributed by atoms with E-state index in [0.29, 0.717) is 30.8 Å². The maximum atomic E-state index is 12.1. The Morgan fingerprint density at radius 3 is 2.58 bits per heavy atom. The Hall–Kier alpha value is -1.89. The van der Waals surface area contributed by atoms with Gasteiger partial charge in [-0.05, 0) is 50.2 Å². The van der Waals surface area contributed by atoms with Crippen molar-refractivity contribution in [2.24, 2.45) is 11.7 Å². The molecule has 0 atom stereocenters. The van der Waals surface area contributed by atoms with Gasteiger partial charge >= 0.3 is 5.97 Å². The number of likely N-dealkylation sites (tertiary alicyclic amines) is 1. The molecule has 24 heavy (non-hydrogen) atoms. The summed E-state index contributed by atoms with van der Waals surface area (Å²) in [5.74, 6) is -1.11. The molecular formula is C17H22N2O4S. The number of esters is 1. The highest BCUT2D eigenvalue weighted by Gasteiger charge is 2.26. The van der Waals surface area contributed by atoms with Crippen LogP contribution >= 0.6 is 11.3 Å². The summed E-state index contributed by atoms with van der Waals surface area (Å²) in [6, 6.07) is 1.91. The predicted octanol–water partition coefficient (Wildman–Crippen LogP) is 1.51. The van der Waals surface area contributed by atoms with E-state index >= 15 is 0 Å². The highest BCUT2D eigenvalue weighted by atomic mass is 32.1. The molecule has 7 heteroatoms. The standard InChI is InChI=1S/C17H22N2O4S/c18-16(21)11-5-7-19(8-6-11)15(20)10-23-17(22)14-9-12-3-1-2-4-13(12)24-14/h9,11H,1-8,10H2,(H2,18,21). The molecule has 2 amide bonds. The van der Waals surface area contributed by atoms with Crippen LogP contribution in [0, 0.1) is 5.92 Å². The summed E-state index contributed by atoms with van der Waals surface area (Å²) in [6.07, 6.45) is 5.53. The van der Waals surface area contributed by atoms with Crippen LogP contribution in [0.15, 0.2) is 6.07 Å². The van der Waals surface area contributed by atoms with E-state index in [1.807, 2.05) is 6.07 Å². The number of nitrogens with two attached hydrogens (primary N) is 1. The van der Waals surface area contributed by atoms with E-state index in [-0.39, 0.29) is 24.3 Å². The van der Waals surface area contributed by atoms with Gasteiger partial charge in [-0.25, -0.2) is 4.79 Å². The predicted molar refractivity (Wildman–Crippen MR) is 89.7 cm³/mol. The first kappa shape index (κ1) is 17.0. The molecular weight excluding hydrogens is 328 g/mol. The van der Waals surface area contributed by atoms with Gasteiger partial charge in [-0.1, -0.05) is 0 Å². The number of rotatable bonds is 4. The number of primary amides is 1. The van der Waals surface area contributed by atoms with Gasteiger partial charge < -0.3 is 15.4 Å². The lowest BCUT2D eigenvalue weighted by molar-refractivity contribution is -0.137. The first-order valence-electron chi connectivity index (χ1n) is 8.40. The molecule has 0 spiro atoms. The van der Waals surface area contributed by atoms with Gasteiger partial charge in [0, 0.05) is 23.9 Å². The summed E-state index contributed by atoms with van der Waals surface area (Å²) in [6.45, 7) is 0.719. The molecule has 130 valence electrons. The number of piperidine rings is 1. The Morgan fingerprint density at radius 2 is 1.92 bits per heavy atom.